The maximum atomic E-state index is 13.6. The molecule has 1 heterocycles. The number of aromatic nitrogens is 2. The molecule has 2 aliphatic carbocycles. The van der Waals surface area contributed by atoms with Gasteiger partial charge < -0.3 is 5.32 Å². The van der Waals surface area contributed by atoms with Gasteiger partial charge >= 0.3 is 0 Å². The predicted octanol–water partition coefficient (Wildman–Crippen LogP) is 4.33. The van der Waals surface area contributed by atoms with Crippen molar-refractivity contribution in [2.24, 2.45) is 5.41 Å². The van der Waals surface area contributed by atoms with E-state index in [0.29, 0.717) is 12.1 Å². The highest BCUT2D eigenvalue weighted by Crippen LogP contribution is 2.67. The van der Waals surface area contributed by atoms with Gasteiger partial charge in [-0.05, 0) is 42.5 Å². The minimum absolute atomic E-state index is 0.00836. The number of anilines is 1. The number of hydrogen-bond donors (Lipinski definition) is 1. The Hall–Kier alpha value is -3.35. The number of hydrogen-bond acceptors (Lipinski definition) is 5. The molecule has 2 aliphatic rings. The second kappa shape index (κ2) is 5.83. The quantitative estimate of drug-likeness (QED) is 0.532. The fraction of sp³-hybridized carbons (Fsp3) is 0.318. The van der Waals surface area contributed by atoms with Gasteiger partial charge in [-0.2, -0.15) is 0 Å². The molecule has 2 unspecified atom stereocenters. The number of amides is 1. The number of rotatable bonds is 3. The zero-order valence-corrected chi connectivity index (χ0v) is 16.2. The number of non-ortho nitro benzene ring substituents is 1. The Labute approximate surface area is 167 Å². The number of para-hydroxylation sites is 2. The summed E-state index contributed by atoms with van der Waals surface area (Å²) >= 11 is 0. The zero-order chi connectivity index (χ0) is 20.4. The van der Waals surface area contributed by atoms with E-state index in [0.717, 1.165) is 28.8 Å². The highest BCUT2D eigenvalue weighted by atomic mass is 16.6. The number of carbonyl (C=O) groups excluding carboxylic acids is 1. The summed E-state index contributed by atoms with van der Waals surface area (Å²) in [5.41, 5.74) is 2.78. The van der Waals surface area contributed by atoms with Gasteiger partial charge in [0, 0.05) is 23.7 Å². The van der Waals surface area contributed by atoms with Crippen molar-refractivity contribution in [1.82, 2.24) is 9.97 Å². The third-order valence-electron chi connectivity index (χ3n) is 6.83. The highest BCUT2D eigenvalue weighted by Gasteiger charge is 2.67. The minimum atomic E-state index is -0.772. The van der Waals surface area contributed by atoms with E-state index in [2.05, 4.69) is 19.2 Å². The third kappa shape index (κ3) is 2.27. The largest absolute Gasteiger partial charge is 0.325 e. The zero-order valence-electron chi connectivity index (χ0n) is 16.2. The van der Waals surface area contributed by atoms with Gasteiger partial charge in [0.05, 0.1) is 32.8 Å². The van der Waals surface area contributed by atoms with Crippen molar-refractivity contribution in [1.29, 1.82) is 0 Å². The summed E-state index contributed by atoms with van der Waals surface area (Å²) < 4.78 is 0. The molecule has 1 aromatic heterocycles. The molecule has 2 aromatic carbocycles. The van der Waals surface area contributed by atoms with Crippen LogP contribution in [-0.2, 0) is 10.2 Å². The molecule has 0 spiro atoms. The monoisotopic (exact) mass is 388 g/mol. The molecule has 0 saturated heterocycles. The number of fused-ring (bicyclic) bond motifs is 6. The lowest BCUT2D eigenvalue weighted by Crippen LogP contribution is -2.46. The molecule has 0 radical (unpaired) electrons. The second-order valence-electron chi connectivity index (χ2n) is 8.42. The molecule has 7 nitrogen and oxygen atoms in total. The van der Waals surface area contributed by atoms with Gasteiger partial charge in [0.2, 0.25) is 5.91 Å². The van der Waals surface area contributed by atoms with Crippen molar-refractivity contribution >= 4 is 28.3 Å². The van der Waals surface area contributed by atoms with E-state index in [4.69, 9.17) is 9.97 Å². The molecule has 29 heavy (non-hydrogen) atoms. The average Bonchev–Trinajstić information content (AvgIpc) is 3.08. The van der Waals surface area contributed by atoms with Crippen LogP contribution in [0.4, 0.5) is 11.4 Å². The van der Waals surface area contributed by atoms with Crippen LogP contribution < -0.4 is 5.32 Å². The Bertz CT molecular complexity index is 1170. The van der Waals surface area contributed by atoms with Crippen LogP contribution in [0, 0.1) is 15.5 Å². The van der Waals surface area contributed by atoms with Gasteiger partial charge in [0.15, 0.2) is 0 Å². The van der Waals surface area contributed by atoms with E-state index in [1.165, 1.54) is 12.1 Å². The number of nitro groups is 1. The van der Waals surface area contributed by atoms with E-state index in [9.17, 15) is 14.9 Å². The molecule has 2 atom stereocenters. The lowest BCUT2D eigenvalue weighted by Gasteiger charge is -2.36. The normalized spacial score (nSPS) is 23.7. The fourth-order valence-corrected chi connectivity index (χ4v) is 5.23. The Balaban J connectivity index is 1.59. The van der Waals surface area contributed by atoms with E-state index in [-0.39, 0.29) is 22.9 Å². The van der Waals surface area contributed by atoms with Gasteiger partial charge in [-0.1, -0.05) is 26.0 Å². The highest BCUT2D eigenvalue weighted by molar-refractivity contribution is 6.01. The molecule has 0 aliphatic heterocycles. The van der Waals surface area contributed by atoms with Crippen LogP contribution >= 0.6 is 0 Å². The molecule has 2 bridgehead atoms. The van der Waals surface area contributed by atoms with Gasteiger partial charge in [-0.25, -0.2) is 9.97 Å². The van der Waals surface area contributed by atoms with Crippen molar-refractivity contribution in [2.45, 2.75) is 38.0 Å². The first-order valence-electron chi connectivity index (χ1n) is 9.68. The molecule has 146 valence electrons. The number of carbonyl (C=O) groups is 1. The van der Waals surface area contributed by atoms with Crippen molar-refractivity contribution in [3.63, 3.8) is 0 Å². The molecule has 5 rings (SSSR count). The lowest BCUT2D eigenvalue weighted by molar-refractivity contribution is -0.384. The Morgan fingerprint density at radius 1 is 1.10 bits per heavy atom. The molecule has 7 heteroatoms. The maximum Gasteiger partial charge on any atom is 0.269 e. The Morgan fingerprint density at radius 3 is 2.41 bits per heavy atom. The maximum absolute atomic E-state index is 13.6. The number of benzene rings is 2. The van der Waals surface area contributed by atoms with Crippen molar-refractivity contribution in [3.8, 4) is 0 Å². The van der Waals surface area contributed by atoms with Crippen LogP contribution in [0.1, 0.15) is 44.0 Å². The summed E-state index contributed by atoms with van der Waals surface area (Å²) in [6.07, 6.45) is 1.60. The first-order valence-corrected chi connectivity index (χ1v) is 9.68. The molecule has 1 N–H and O–H groups in total. The minimum Gasteiger partial charge on any atom is -0.325 e. The molecule has 1 saturated carbocycles. The van der Waals surface area contributed by atoms with Gasteiger partial charge in [-0.15, -0.1) is 0 Å². The summed E-state index contributed by atoms with van der Waals surface area (Å²) in [6, 6.07) is 13.7. The first-order chi connectivity index (χ1) is 13.8. The summed E-state index contributed by atoms with van der Waals surface area (Å²) in [7, 11) is 0. The molecular weight excluding hydrogens is 368 g/mol. The van der Waals surface area contributed by atoms with Crippen molar-refractivity contribution in [3.05, 3.63) is 70.0 Å². The fourth-order valence-electron chi connectivity index (χ4n) is 5.23. The Kier molecular flexibility index (Phi) is 3.56. The first kappa shape index (κ1) is 17.7. The topological polar surface area (TPSA) is 98.0 Å². The van der Waals surface area contributed by atoms with E-state index in [1.807, 2.05) is 24.3 Å². The van der Waals surface area contributed by atoms with Gasteiger partial charge in [0.25, 0.3) is 5.69 Å². The number of nitrogens with zero attached hydrogens (tertiary/aromatic N) is 3. The van der Waals surface area contributed by atoms with Crippen LogP contribution in [0.2, 0.25) is 0 Å². The average molecular weight is 388 g/mol. The summed E-state index contributed by atoms with van der Waals surface area (Å²) in [6.45, 7) is 4.24. The summed E-state index contributed by atoms with van der Waals surface area (Å²) in [4.78, 5) is 33.8. The van der Waals surface area contributed by atoms with E-state index < -0.39 is 10.3 Å². The standard InChI is InChI=1S/C22H20N4O3/c1-21(2)15-11-12-22(21,19-18(15)24-16-5-3-4-6-17(16)25-19)20(27)23-13-7-9-14(10-8-13)26(28)29/h3-10,15H,11-12H2,1-2H3,(H,23,27). The van der Waals surface area contributed by atoms with Crippen LogP contribution in [-0.4, -0.2) is 20.8 Å². The summed E-state index contributed by atoms with van der Waals surface area (Å²) in [5, 5.41) is 13.9. The van der Waals surface area contributed by atoms with E-state index >= 15 is 0 Å². The van der Waals surface area contributed by atoms with Crippen LogP contribution in [0.15, 0.2) is 48.5 Å². The molecular formula is C22H20N4O3. The molecule has 1 amide bonds. The third-order valence-corrected chi connectivity index (χ3v) is 6.83. The van der Waals surface area contributed by atoms with Gasteiger partial charge in [-0.3, -0.25) is 14.9 Å². The number of nitrogens with one attached hydrogen (secondary N) is 1. The van der Waals surface area contributed by atoms with Crippen LogP contribution in [0.5, 0.6) is 0 Å². The predicted molar refractivity (Wildman–Crippen MR) is 109 cm³/mol. The lowest BCUT2D eigenvalue weighted by atomic mass is 9.67. The molecule has 1 fully saturated rings. The van der Waals surface area contributed by atoms with Gasteiger partial charge in [0.1, 0.15) is 0 Å². The second-order valence-corrected chi connectivity index (χ2v) is 8.42. The summed E-state index contributed by atoms with van der Waals surface area (Å²) in [5.74, 6) is 0.0550. The van der Waals surface area contributed by atoms with Crippen LogP contribution in [0.25, 0.3) is 11.0 Å². The number of nitro benzene ring substituents is 1. The smallest absolute Gasteiger partial charge is 0.269 e. The Morgan fingerprint density at radius 2 is 1.76 bits per heavy atom. The SMILES string of the molecule is CC1(C)C2CCC1(C(=O)Nc1ccc([N+](=O)[O-])cc1)c1nc3ccccc3nc12. The van der Waals surface area contributed by atoms with Crippen molar-refractivity contribution in [2.75, 3.05) is 5.32 Å². The van der Waals surface area contributed by atoms with Crippen LogP contribution in [0.3, 0.4) is 0 Å². The van der Waals surface area contributed by atoms with Crippen molar-refractivity contribution < 1.29 is 9.72 Å². The molecule has 3 aromatic rings. The van der Waals surface area contributed by atoms with E-state index in [1.54, 1.807) is 12.1 Å².